The Morgan fingerprint density at radius 2 is 1.68 bits per heavy atom. The van der Waals surface area contributed by atoms with Crippen molar-refractivity contribution in [3.8, 4) is 11.5 Å². The first-order valence-electron chi connectivity index (χ1n) is 7.85. The maximum atomic E-state index is 12.6. The molecule has 2 aromatic rings. The van der Waals surface area contributed by atoms with E-state index in [9.17, 15) is 9.59 Å². The van der Waals surface area contributed by atoms with E-state index in [0.717, 1.165) is 0 Å². The Bertz CT molecular complexity index is 757. The molecule has 1 amide bonds. The molecule has 0 bridgehead atoms. The number of carbonyl (C=O) groups excluding carboxylic acids is 2. The van der Waals surface area contributed by atoms with Gasteiger partial charge < -0.3 is 20.1 Å². The largest absolute Gasteiger partial charge is 0.497 e. The molecule has 0 fully saturated rings. The van der Waals surface area contributed by atoms with Crippen LogP contribution < -0.4 is 20.1 Å². The number of anilines is 2. The SMILES string of the molecule is COc1ccc(NC(C)C(=O)c2ccc(NC(C)=O)cc2)c(OC)c1. The van der Waals surface area contributed by atoms with E-state index in [1.54, 1.807) is 63.6 Å². The second-order valence-corrected chi connectivity index (χ2v) is 5.56. The number of Topliss-reactive ketones (excluding diaryl/α,β-unsaturated/α-hetero) is 1. The average molecular weight is 342 g/mol. The minimum absolute atomic E-state index is 0.0627. The number of rotatable bonds is 7. The van der Waals surface area contributed by atoms with Gasteiger partial charge >= 0.3 is 0 Å². The number of amides is 1. The molecule has 1 atom stereocenters. The van der Waals surface area contributed by atoms with Gasteiger partial charge in [-0.1, -0.05) is 0 Å². The number of ketones is 1. The third-order valence-electron chi connectivity index (χ3n) is 3.66. The summed E-state index contributed by atoms with van der Waals surface area (Å²) >= 11 is 0. The molecule has 1 unspecified atom stereocenters. The number of nitrogens with one attached hydrogen (secondary N) is 2. The molecule has 0 saturated carbocycles. The Balaban J connectivity index is 2.11. The van der Waals surface area contributed by atoms with Gasteiger partial charge in [0, 0.05) is 24.2 Å². The Morgan fingerprint density at radius 3 is 2.24 bits per heavy atom. The summed E-state index contributed by atoms with van der Waals surface area (Å²) in [7, 11) is 3.14. The van der Waals surface area contributed by atoms with Crippen LogP contribution in [0.15, 0.2) is 42.5 Å². The van der Waals surface area contributed by atoms with Gasteiger partial charge in [-0.3, -0.25) is 9.59 Å². The lowest BCUT2D eigenvalue weighted by Crippen LogP contribution is -2.26. The first-order valence-corrected chi connectivity index (χ1v) is 7.85. The number of hydrogen-bond acceptors (Lipinski definition) is 5. The molecule has 0 radical (unpaired) electrons. The zero-order valence-electron chi connectivity index (χ0n) is 14.8. The van der Waals surface area contributed by atoms with E-state index >= 15 is 0 Å². The summed E-state index contributed by atoms with van der Waals surface area (Å²) in [6, 6.07) is 11.7. The van der Waals surface area contributed by atoms with Crippen LogP contribution in [0.25, 0.3) is 0 Å². The van der Waals surface area contributed by atoms with Gasteiger partial charge in [0.2, 0.25) is 5.91 Å². The van der Waals surface area contributed by atoms with Crippen LogP contribution in [-0.4, -0.2) is 32.0 Å². The monoisotopic (exact) mass is 342 g/mol. The van der Waals surface area contributed by atoms with Crippen molar-refractivity contribution in [2.75, 3.05) is 24.9 Å². The van der Waals surface area contributed by atoms with Crippen molar-refractivity contribution in [1.29, 1.82) is 0 Å². The number of methoxy groups -OCH3 is 2. The van der Waals surface area contributed by atoms with Crippen molar-refractivity contribution in [3.63, 3.8) is 0 Å². The summed E-state index contributed by atoms with van der Waals surface area (Å²) < 4.78 is 10.5. The summed E-state index contributed by atoms with van der Waals surface area (Å²) in [5.74, 6) is 1.06. The number of carbonyl (C=O) groups is 2. The maximum Gasteiger partial charge on any atom is 0.221 e. The molecule has 132 valence electrons. The molecule has 6 heteroatoms. The van der Waals surface area contributed by atoms with Crippen molar-refractivity contribution in [3.05, 3.63) is 48.0 Å². The highest BCUT2D eigenvalue weighted by molar-refractivity contribution is 6.02. The van der Waals surface area contributed by atoms with Crippen LogP contribution in [0.4, 0.5) is 11.4 Å². The van der Waals surface area contributed by atoms with Crippen molar-refractivity contribution in [2.24, 2.45) is 0 Å². The second-order valence-electron chi connectivity index (χ2n) is 5.56. The number of ether oxygens (including phenoxy) is 2. The molecule has 2 rings (SSSR count). The highest BCUT2D eigenvalue weighted by Gasteiger charge is 2.17. The van der Waals surface area contributed by atoms with Crippen LogP contribution in [-0.2, 0) is 4.79 Å². The van der Waals surface area contributed by atoms with Gasteiger partial charge in [-0.25, -0.2) is 0 Å². The molecule has 0 aliphatic heterocycles. The van der Waals surface area contributed by atoms with Crippen molar-refractivity contribution in [2.45, 2.75) is 19.9 Å². The molecule has 0 aliphatic carbocycles. The highest BCUT2D eigenvalue weighted by atomic mass is 16.5. The Labute approximate surface area is 147 Å². The topological polar surface area (TPSA) is 76.7 Å². The van der Waals surface area contributed by atoms with Gasteiger partial charge in [0.05, 0.1) is 25.9 Å². The van der Waals surface area contributed by atoms with E-state index in [0.29, 0.717) is 28.4 Å². The van der Waals surface area contributed by atoms with Crippen LogP contribution in [0.1, 0.15) is 24.2 Å². The van der Waals surface area contributed by atoms with Gasteiger partial charge in [0.1, 0.15) is 11.5 Å². The smallest absolute Gasteiger partial charge is 0.221 e. The van der Waals surface area contributed by atoms with Crippen LogP contribution in [0.5, 0.6) is 11.5 Å². The minimum Gasteiger partial charge on any atom is -0.497 e. The third-order valence-corrected chi connectivity index (χ3v) is 3.66. The molecule has 2 aromatic carbocycles. The van der Waals surface area contributed by atoms with Crippen LogP contribution in [0.3, 0.4) is 0 Å². The van der Waals surface area contributed by atoms with E-state index in [1.165, 1.54) is 6.92 Å². The first kappa shape index (κ1) is 18.3. The molecule has 6 nitrogen and oxygen atoms in total. The fraction of sp³-hybridized carbons (Fsp3) is 0.263. The molecule has 0 aromatic heterocycles. The molecular weight excluding hydrogens is 320 g/mol. The van der Waals surface area contributed by atoms with Crippen LogP contribution in [0, 0.1) is 0 Å². The normalized spacial score (nSPS) is 11.4. The van der Waals surface area contributed by atoms with Gasteiger partial charge in [-0.2, -0.15) is 0 Å². The van der Waals surface area contributed by atoms with Crippen molar-refractivity contribution >= 4 is 23.1 Å². The van der Waals surface area contributed by atoms with Gasteiger partial charge in [0.25, 0.3) is 0 Å². The van der Waals surface area contributed by atoms with E-state index in [1.807, 2.05) is 0 Å². The number of hydrogen-bond donors (Lipinski definition) is 2. The minimum atomic E-state index is -0.450. The fourth-order valence-electron chi connectivity index (χ4n) is 2.39. The van der Waals surface area contributed by atoms with Crippen LogP contribution in [0.2, 0.25) is 0 Å². The maximum absolute atomic E-state index is 12.6. The number of benzene rings is 2. The highest BCUT2D eigenvalue weighted by Crippen LogP contribution is 2.29. The predicted octanol–water partition coefficient (Wildman–Crippen LogP) is 3.35. The molecule has 0 saturated heterocycles. The van der Waals surface area contributed by atoms with Crippen LogP contribution >= 0.6 is 0 Å². The molecule has 0 aliphatic rings. The summed E-state index contributed by atoms with van der Waals surface area (Å²) in [6.45, 7) is 3.22. The Morgan fingerprint density at radius 1 is 1.00 bits per heavy atom. The molecular formula is C19H22N2O4. The zero-order valence-corrected chi connectivity index (χ0v) is 14.8. The third kappa shape index (κ3) is 4.73. The lowest BCUT2D eigenvalue weighted by molar-refractivity contribution is -0.114. The predicted molar refractivity (Wildman–Crippen MR) is 97.7 cm³/mol. The van der Waals surface area contributed by atoms with Gasteiger partial charge in [-0.15, -0.1) is 0 Å². The summed E-state index contributed by atoms with van der Waals surface area (Å²) in [6.07, 6.45) is 0. The quantitative estimate of drug-likeness (QED) is 0.755. The lowest BCUT2D eigenvalue weighted by atomic mass is 10.0. The molecule has 25 heavy (non-hydrogen) atoms. The Hall–Kier alpha value is -3.02. The first-order chi connectivity index (χ1) is 11.9. The summed E-state index contributed by atoms with van der Waals surface area (Å²) in [5, 5.41) is 5.83. The summed E-state index contributed by atoms with van der Waals surface area (Å²) in [5.41, 5.74) is 1.92. The van der Waals surface area contributed by atoms with Crippen molar-refractivity contribution in [1.82, 2.24) is 0 Å². The average Bonchev–Trinajstić information content (AvgIpc) is 2.61. The Kier molecular flexibility index (Phi) is 6.00. The molecule has 0 spiro atoms. The van der Waals surface area contributed by atoms with Gasteiger partial charge in [-0.05, 0) is 43.3 Å². The lowest BCUT2D eigenvalue weighted by Gasteiger charge is -2.17. The second kappa shape index (κ2) is 8.19. The molecule has 2 N–H and O–H groups in total. The van der Waals surface area contributed by atoms with E-state index in [2.05, 4.69) is 10.6 Å². The fourth-order valence-corrected chi connectivity index (χ4v) is 2.39. The molecule has 0 heterocycles. The summed E-state index contributed by atoms with van der Waals surface area (Å²) in [4.78, 5) is 23.6. The van der Waals surface area contributed by atoms with E-state index in [4.69, 9.17) is 9.47 Å². The zero-order chi connectivity index (χ0) is 18.4. The van der Waals surface area contributed by atoms with Crippen molar-refractivity contribution < 1.29 is 19.1 Å². The standard InChI is InChI=1S/C19H22N2O4/c1-12(20-17-10-9-16(24-3)11-18(17)25-4)19(23)14-5-7-15(8-6-14)21-13(2)22/h5-12,20H,1-4H3,(H,21,22). The van der Waals surface area contributed by atoms with E-state index < -0.39 is 6.04 Å². The van der Waals surface area contributed by atoms with Gasteiger partial charge in [0.15, 0.2) is 5.78 Å². The van der Waals surface area contributed by atoms with E-state index in [-0.39, 0.29) is 11.7 Å².